The summed E-state index contributed by atoms with van der Waals surface area (Å²) in [6.45, 7) is 1.90. The molecular formula is C18H21N3O2. The van der Waals surface area contributed by atoms with E-state index in [9.17, 15) is 4.79 Å². The first-order valence-electron chi connectivity index (χ1n) is 7.56. The molecule has 1 aromatic carbocycles. The van der Waals surface area contributed by atoms with Gasteiger partial charge in [0.05, 0.1) is 24.8 Å². The lowest BCUT2D eigenvalue weighted by atomic mass is 10.1. The summed E-state index contributed by atoms with van der Waals surface area (Å²) >= 11 is 0. The van der Waals surface area contributed by atoms with Crippen LogP contribution < -0.4 is 10.3 Å². The maximum absolute atomic E-state index is 12.4. The van der Waals surface area contributed by atoms with Crippen LogP contribution in [0.5, 0.6) is 5.75 Å². The third kappa shape index (κ3) is 4.97. The standard InChI is InChI=1S/C18H21N3O2/c1-20(2)10-4-12-23-17-5-3-11-21(18(17)22)14-16-8-6-15(13-19)7-9-16/h3,5-9,11H,4,10,12,14H2,1-2H3. The average Bonchev–Trinajstić information content (AvgIpc) is 2.55. The predicted octanol–water partition coefficient (Wildman–Crippen LogP) is 2.10. The highest BCUT2D eigenvalue weighted by Crippen LogP contribution is 2.07. The molecule has 0 radical (unpaired) electrons. The Morgan fingerprint density at radius 3 is 2.61 bits per heavy atom. The molecule has 2 rings (SSSR count). The smallest absolute Gasteiger partial charge is 0.293 e. The van der Waals surface area contributed by atoms with Crippen LogP contribution in [0.4, 0.5) is 0 Å². The van der Waals surface area contributed by atoms with E-state index in [1.54, 1.807) is 29.0 Å². The Labute approximate surface area is 136 Å². The van der Waals surface area contributed by atoms with Crippen molar-refractivity contribution < 1.29 is 4.74 Å². The molecule has 5 heteroatoms. The second kappa shape index (κ2) is 8.16. The molecule has 23 heavy (non-hydrogen) atoms. The third-order valence-electron chi connectivity index (χ3n) is 3.43. The lowest BCUT2D eigenvalue weighted by Gasteiger charge is -2.11. The van der Waals surface area contributed by atoms with E-state index >= 15 is 0 Å². The van der Waals surface area contributed by atoms with Gasteiger partial charge in [0.15, 0.2) is 5.75 Å². The van der Waals surface area contributed by atoms with Gasteiger partial charge < -0.3 is 14.2 Å². The Morgan fingerprint density at radius 1 is 1.22 bits per heavy atom. The van der Waals surface area contributed by atoms with Crippen molar-refractivity contribution >= 4 is 0 Å². The molecule has 0 unspecified atom stereocenters. The van der Waals surface area contributed by atoms with E-state index in [0.29, 0.717) is 24.5 Å². The average molecular weight is 311 g/mol. The Bertz CT molecular complexity index is 727. The number of rotatable bonds is 7. The first-order chi connectivity index (χ1) is 11.1. The summed E-state index contributed by atoms with van der Waals surface area (Å²) < 4.78 is 7.21. The molecule has 0 atom stereocenters. The number of benzene rings is 1. The summed E-state index contributed by atoms with van der Waals surface area (Å²) in [5.41, 5.74) is 1.44. The number of nitriles is 1. The number of ether oxygens (including phenoxy) is 1. The van der Waals surface area contributed by atoms with Crippen LogP contribution in [0.15, 0.2) is 47.4 Å². The van der Waals surface area contributed by atoms with Crippen LogP contribution in [0, 0.1) is 11.3 Å². The van der Waals surface area contributed by atoms with Gasteiger partial charge in [-0.1, -0.05) is 12.1 Å². The van der Waals surface area contributed by atoms with Crippen LogP contribution in [-0.2, 0) is 6.54 Å². The summed E-state index contributed by atoms with van der Waals surface area (Å²) in [5, 5.41) is 8.81. The van der Waals surface area contributed by atoms with Gasteiger partial charge in [-0.15, -0.1) is 0 Å². The molecule has 0 aliphatic carbocycles. The maximum atomic E-state index is 12.4. The molecule has 0 saturated heterocycles. The molecule has 1 heterocycles. The zero-order valence-corrected chi connectivity index (χ0v) is 13.5. The predicted molar refractivity (Wildman–Crippen MR) is 89.6 cm³/mol. The molecule has 0 N–H and O–H groups in total. The summed E-state index contributed by atoms with van der Waals surface area (Å²) in [6, 6.07) is 12.8. The lowest BCUT2D eigenvalue weighted by Crippen LogP contribution is -2.23. The van der Waals surface area contributed by atoms with Gasteiger partial charge >= 0.3 is 0 Å². The SMILES string of the molecule is CN(C)CCCOc1cccn(Cc2ccc(C#N)cc2)c1=O. The molecule has 0 spiro atoms. The minimum atomic E-state index is -0.137. The summed E-state index contributed by atoms with van der Waals surface area (Å²) in [7, 11) is 4.01. The first-order valence-corrected chi connectivity index (χ1v) is 7.56. The van der Waals surface area contributed by atoms with Crippen molar-refractivity contribution in [1.82, 2.24) is 9.47 Å². The molecule has 5 nitrogen and oxygen atoms in total. The van der Waals surface area contributed by atoms with Crippen molar-refractivity contribution in [2.75, 3.05) is 27.2 Å². The number of hydrogen-bond donors (Lipinski definition) is 0. The molecule has 0 aliphatic rings. The fraction of sp³-hybridized carbons (Fsp3) is 0.333. The molecular weight excluding hydrogens is 290 g/mol. The van der Waals surface area contributed by atoms with Gasteiger partial charge in [-0.25, -0.2) is 0 Å². The molecule has 1 aromatic heterocycles. The fourth-order valence-electron chi connectivity index (χ4n) is 2.19. The zero-order chi connectivity index (χ0) is 16.7. The monoisotopic (exact) mass is 311 g/mol. The zero-order valence-electron chi connectivity index (χ0n) is 13.5. The van der Waals surface area contributed by atoms with Crippen molar-refractivity contribution in [3.05, 3.63) is 64.1 Å². The molecule has 0 bridgehead atoms. The number of aromatic nitrogens is 1. The van der Waals surface area contributed by atoms with Crippen LogP contribution in [0.25, 0.3) is 0 Å². The minimum absolute atomic E-state index is 0.137. The maximum Gasteiger partial charge on any atom is 0.293 e. The molecule has 0 aliphatic heterocycles. The van der Waals surface area contributed by atoms with Gasteiger partial charge in [0, 0.05) is 12.7 Å². The van der Waals surface area contributed by atoms with Gasteiger partial charge in [-0.2, -0.15) is 5.26 Å². The Hall–Kier alpha value is -2.58. The molecule has 0 fully saturated rings. The van der Waals surface area contributed by atoms with Crippen LogP contribution in [0.3, 0.4) is 0 Å². The summed E-state index contributed by atoms with van der Waals surface area (Å²) in [4.78, 5) is 14.5. The van der Waals surface area contributed by atoms with E-state index in [4.69, 9.17) is 10.00 Å². The van der Waals surface area contributed by atoms with E-state index in [0.717, 1.165) is 18.5 Å². The van der Waals surface area contributed by atoms with Gasteiger partial charge in [0.2, 0.25) is 0 Å². The number of pyridine rings is 1. The number of nitrogens with zero attached hydrogens (tertiary/aromatic N) is 3. The highest BCUT2D eigenvalue weighted by molar-refractivity contribution is 5.32. The molecule has 0 amide bonds. The van der Waals surface area contributed by atoms with Crippen LogP contribution in [0.2, 0.25) is 0 Å². The van der Waals surface area contributed by atoms with Crippen molar-refractivity contribution in [1.29, 1.82) is 5.26 Å². The first kappa shape index (κ1) is 16.8. The Kier molecular flexibility index (Phi) is 5.95. The quantitative estimate of drug-likeness (QED) is 0.735. The van der Waals surface area contributed by atoms with Gasteiger partial charge in [-0.05, 0) is 50.3 Å². The molecule has 2 aromatic rings. The highest BCUT2D eigenvalue weighted by Gasteiger charge is 2.05. The summed E-state index contributed by atoms with van der Waals surface area (Å²) in [6.07, 6.45) is 2.62. The van der Waals surface area contributed by atoms with Gasteiger partial charge in [0.1, 0.15) is 0 Å². The van der Waals surface area contributed by atoms with Gasteiger partial charge in [0.25, 0.3) is 5.56 Å². The minimum Gasteiger partial charge on any atom is -0.488 e. The second-order valence-corrected chi connectivity index (χ2v) is 5.62. The van der Waals surface area contributed by atoms with E-state index in [2.05, 4.69) is 11.0 Å². The van der Waals surface area contributed by atoms with Crippen LogP contribution in [-0.4, -0.2) is 36.7 Å². The number of hydrogen-bond acceptors (Lipinski definition) is 4. The van der Waals surface area contributed by atoms with Crippen molar-refractivity contribution in [2.45, 2.75) is 13.0 Å². The van der Waals surface area contributed by atoms with E-state index in [1.165, 1.54) is 0 Å². The summed E-state index contributed by atoms with van der Waals surface area (Å²) in [5.74, 6) is 0.375. The van der Waals surface area contributed by atoms with E-state index in [-0.39, 0.29) is 5.56 Å². The third-order valence-corrected chi connectivity index (χ3v) is 3.43. The Morgan fingerprint density at radius 2 is 1.96 bits per heavy atom. The largest absolute Gasteiger partial charge is 0.488 e. The van der Waals surface area contributed by atoms with Crippen LogP contribution >= 0.6 is 0 Å². The highest BCUT2D eigenvalue weighted by atomic mass is 16.5. The fourth-order valence-corrected chi connectivity index (χ4v) is 2.19. The Balaban J connectivity index is 2.03. The van der Waals surface area contributed by atoms with Gasteiger partial charge in [-0.3, -0.25) is 4.79 Å². The topological polar surface area (TPSA) is 58.3 Å². The normalized spacial score (nSPS) is 10.5. The van der Waals surface area contributed by atoms with E-state index in [1.807, 2.05) is 32.3 Å². The van der Waals surface area contributed by atoms with Crippen molar-refractivity contribution in [2.24, 2.45) is 0 Å². The van der Waals surface area contributed by atoms with Crippen molar-refractivity contribution in [3.63, 3.8) is 0 Å². The van der Waals surface area contributed by atoms with Crippen molar-refractivity contribution in [3.8, 4) is 11.8 Å². The molecule has 0 saturated carbocycles. The van der Waals surface area contributed by atoms with E-state index < -0.39 is 0 Å². The lowest BCUT2D eigenvalue weighted by molar-refractivity contribution is 0.277. The van der Waals surface area contributed by atoms with Crippen LogP contribution in [0.1, 0.15) is 17.5 Å². The second-order valence-electron chi connectivity index (χ2n) is 5.62. The molecule has 120 valence electrons.